The molecule has 1 N–H and O–H groups in total. The molecule has 0 bridgehead atoms. The van der Waals surface area contributed by atoms with Gasteiger partial charge in [0.05, 0.1) is 0 Å². The number of aromatic hydroxyl groups is 1. The minimum absolute atomic E-state index is 0.112. The first-order valence-corrected chi connectivity index (χ1v) is 3.90. The Balaban J connectivity index is 3.23. The maximum absolute atomic E-state index is 13.2. The Morgan fingerprint density at radius 2 is 1.83 bits per heavy atom. The highest BCUT2D eigenvalue weighted by Gasteiger charge is 2.18. The first-order valence-electron chi connectivity index (χ1n) is 3.90. The summed E-state index contributed by atoms with van der Waals surface area (Å²) in [6.45, 7) is 5.72. The number of rotatable bonds is 0. The number of benzene rings is 1. The van der Waals surface area contributed by atoms with Crippen LogP contribution in [0.4, 0.5) is 4.39 Å². The van der Waals surface area contributed by atoms with E-state index in [1.807, 2.05) is 20.8 Å². The summed E-state index contributed by atoms with van der Waals surface area (Å²) in [7, 11) is 0. The van der Waals surface area contributed by atoms with Crippen molar-refractivity contribution < 1.29 is 9.50 Å². The Bertz CT molecular complexity index is 286. The molecule has 1 aromatic carbocycles. The van der Waals surface area contributed by atoms with Gasteiger partial charge in [0.15, 0.2) is 0 Å². The quantitative estimate of drug-likeness (QED) is 0.631. The normalized spacial score (nSPS) is 11.7. The fourth-order valence-electron chi connectivity index (χ4n) is 1.09. The molecule has 0 aliphatic carbocycles. The molecule has 0 saturated heterocycles. The van der Waals surface area contributed by atoms with Crippen LogP contribution in [0.25, 0.3) is 0 Å². The monoisotopic (exact) mass is 168 g/mol. The summed E-state index contributed by atoms with van der Waals surface area (Å²) < 4.78 is 13.2. The second-order valence-electron chi connectivity index (χ2n) is 3.91. The van der Waals surface area contributed by atoms with Crippen molar-refractivity contribution in [3.05, 3.63) is 29.6 Å². The van der Waals surface area contributed by atoms with E-state index in [0.29, 0.717) is 5.56 Å². The van der Waals surface area contributed by atoms with E-state index in [-0.39, 0.29) is 17.0 Å². The van der Waals surface area contributed by atoms with Crippen LogP contribution in [-0.2, 0) is 5.41 Å². The molecule has 2 heteroatoms. The molecular formula is C10H13FO. The van der Waals surface area contributed by atoms with E-state index in [0.717, 1.165) is 0 Å². The average molecular weight is 168 g/mol. The summed E-state index contributed by atoms with van der Waals surface area (Å²) in [5.41, 5.74) is 0.283. The standard InChI is InChI=1S/C10H13FO/c1-10(2,3)8-6-7(12)4-5-9(8)11/h4-6,12H,1-3H3. The third-order valence-corrected chi connectivity index (χ3v) is 1.76. The second kappa shape index (κ2) is 2.77. The number of hydrogen-bond acceptors (Lipinski definition) is 1. The van der Waals surface area contributed by atoms with Crippen LogP contribution < -0.4 is 0 Å². The highest BCUT2D eigenvalue weighted by Crippen LogP contribution is 2.27. The molecule has 0 fully saturated rings. The molecule has 1 rings (SSSR count). The van der Waals surface area contributed by atoms with Crippen LogP contribution in [0.5, 0.6) is 5.75 Å². The highest BCUT2D eigenvalue weighted by atomic mass is 19.1. The Hall–Kier alpha value is -1.05. The van der Waals surface area contributed by atoms with Crippen LogP contribution in [-0.4, -0.2) is 5.11 Å². The second-order valence-corrected chi connectivity index (χ2v) is 3.91. The van der Waals surface area contributed by atoms with Gasteiger partial charge in [-0.05, 0) is 29.2 Å². The Kier molecular flexibility index (Phi) is 2.09. The van der Waals surface area contributed by atoms with Crippen molar-refractivity contribution >= 4 is 0 Å². The van der Waals surface area contributed by atoms with Gasteiger partial charge in [0.25, 0.3) is 0 Å². The van der Waals surface area contributed by atoms with E-state index < -0.39 is 0 Å². The summed E-state index contributed by atoms with van der Waals surface area (Å²) in [4.78, 5) is 0. The van der Waals surface area contributed by atoms with Gasteiger partial charge in [0.2, 0.25) is 0 Å². The van der Waals surface area contributed by atoms with Crippen molar-refractivity contribution in [2.24, 2.45) is 0 Å². The van der Waals surface area contributed by atoms with Crippen molar-refractivity contribution in [3.63, 3.8) is 0 Å². The zero-order chi connectivity index (χ0) is 9.35. The lowest BCUT2D eigenvalue weighted by Gasteiger charge is -2.19. The first-order chi connectivity index (χ1) is 5.41. The summed E-state index contributed by atoms with van der Waals surface area (Å²) in [5.74, 6) is -0.151. The smallest absolute Gasteiger partial charge is 0.127 e. The van der Waals surface area contributed by atoms with Crippen LogP contribution in [0, 0.1) is 5.82 Å². The zero-order valence-corrected chi connectivity index (χ0v) is 7.56. The number of hydrogen-bond donors (Lipinski definition) is 1. The van der Waals surface area contributed by atoms with E-state index in [2.05, 4.69) is 0 Å². The molecule has 0 amide bonds. The lowest BCUT2D eigenvalue weighted by Crippen LogP contribution is -2.13. The van der Waals surface area contributed by atoms with Crippen LogP contribution >= 0.6 is 0 Å². The highest BCUT2D eigenvalue weighted by molar-refractivity contribution is 5.32. The van der Waals surface area contributed by atoms with Crippen molar-refractivity contribution in [2.45, 2.75) is 26.2 Å². The third kappa shape index (κ3) is 1.76. The van der Waals surface area contributed by atoms with Gasteiger partial charge in [-0.3, -0.25) is 0 Å². The van der Waals surface area contributed by atoms with Gasteiger partial charge in [0, 0.05) is 0 Å². The molecule has 12 heavy (non-hydrogen) atoms. The van der Waals surface area contributed by atoms with E-state index in [9.17, 15) is 4.39 Å². The minimum atomic E-state index is -0.264. The lowest BCUT2D eigenvalue weighted by molar-refractivity contribution is 0.462. The average Bonchev–Trinajstić information content (AvgIpc) is 1.92. The van der Waals surface area contributed by atoms with Gasteiger partial charge in [-0.15, -0.1) is 0 Å². The lowest BCUT2D eigenvalue weighted by atomic mass is 9.86. The molecule has 0 radical (unpaired) electrons. The molecule has 66 valence electrons. The summed E-state index contributed by atoms with van der Waals surface area (Å²) in [6, 6.07) is 4.11. The maximum Gasteiger partial charge on any atom is 0.127 e. The fraction of sp³-hybridized carbons (Fsp3) is 0.400. The van der Waals surface area contributed by atoms with E-state index in [1.165, 1.54) is 18.2 Å². The largest absolute Gasteiger partial charge is 0.508 e. The van der Waals surface area contributed by atoms with E-state index in [1.54, 1.807) is 0 Å². The molecule has 0 spiro atoms. The number of phenolic OH excluding ortho intramolecular Hbond substituents is 1. The van der Waals surface area contributed by atoms with Crippen LogP contribution in [0.1, 0.15) is 26.3 Å². The first kappa shape index (κ1) is 9.04. The third-order valence-electron chi connectivity index (χ3n) is 1.76. The molecule has 0 aromatic heterocycles. The molecule has 0 aliphatic heterocycles. The molecule has 0 saturated carbocycles. The molecule has 0 unspecified atom stereocenters. The van der Waals surface area contributed by atoms with Crippen molar-refractivity contribution in [1.29, 1.82) is 0 Å². The van der Waals surface area contributed by atoms with Crippen LogP contribution in [0.3, 0.4) is 0 Å². The molecule has 0 heterocycles. The predicted octanol–water partition coefficient (Wildman–Crippen LogP) is 2.83. The van der Waals surface area contributed by atoms with E-state index >= 15 is 0 Å². The maximum atomic E-state index is 13.2. The van der Waals surface area contributed by atoms with Gasteiger partial charge >= 0.3 is 0 Å². The van der Waals surface area contributed by atoms with E-state index in [4.69, 9.17) is 5.11 Å². The van der Waals surface area contributed by atoms with Gasteiger partial charge in [-0.2, -0.15) is 0 Å². The fourth-order valence-corrected chi connectivity index (χ4v) is 1.09. The number of phenols is 1. The number of halogens is 1. The van der Waals surface area contributed by atoms with Gasteiger partial charge < -0.3 is 5.11 Å². The Morgan fingerprint density at radius 3 is 2.25 bits per heavy atom. The summed E-state index contributed by atoms with van der Waals surface area (Å²) >= 11 is 0. The Morgan fingerprint density at radius 1 is 1.25 bits per heavy atom. The Labute approximate surface area is 71.9 Å². The van der Waals surface area contributed by atoms with Crippen molar-refractivity contribution in [1.82, 2.24) is 0 Å². The predicted molar refractivity (Wildman–Crippen MR) is 46.8 cm³/mol. The zero-order valence-electron chi connectivity index (χ0n) is 7.56. The van der Waals surface area contributed by atoms with Gasteiger partial charge in [0.1, 0.15) is 11.6 Å². The van der Waals surface area contributed by atoms with Crippen molar-refractivity contribution in [2.75, 3.05) is 0 Å². The molecular weight excluding hydrogens is 155 g/mol. The molecule has 1 nitrogen and oxygen atoms in total. The summed E-state index contributed by atoms with van der Waals surface area (Å²) in [6.07, 6.45) is 0. The molecule has 1 aromatic rings. The van der Waals surface area contributed by atoms with Crippen LogP contribution in [0.2, 0.25) is 0 Å². The van der Waals surface area contributed by atoms with Crippen LogP contribution in [0.15, 0.2) is 18.2 Å². The molecule has 0 aliphatic rings. The minimum Gasteiger partial charge on any atom is -0.508 e. The SMILES string of the molecule is CC(C)(C)c1cc(O)ccc1F. The van der Waals surface area contributed by atoms with Gasteiger partial charge in [-0.25, -0.2) is 4.39 Å². The topological polar surface area (TPSA) is 20.2 Å². The summed E-state index contributed by atoms with van der Waals surface area (Å²) in [5, 5.41) is 9.13. The molecule has 0 atom stereocenters. The van der Waals surface area contributed by atoms with Gasteiger partial charge in [-0.1, -0.05) is 20.8 Å². The van der Waals surface area contributed by atoms with Crippen molar-refractivity contribution in [3.8, 4) is 5.75 Å².